The Morgan fingerprint density at radius 2 is 1.49 bits per heavy atom. The Morgan fingerprint density at radius 3 is 2.10 bits per heavy atom. The van der Waals surface area contributed by atoms with Crippen molar-refractivity contribution < 1.29 is 46.6 Å². The number of rotatable bonds is 16. The summed E-state index contributed by atoms with van der Waals surface area (Å²) in [5, 5.41) is 14.0. The predicted octanol–water partition coefficient (Wildman–Crippen LogP) is 7.21. The van der Waals surface area contributed by atoms with Crippen LogP contribution in [0.4, 0.5) is 36.4 Å². The van der Waals surface area contributed by atoms with Gasteiger partial charge in [-0.3, -0.25) is 14.4 Å². The first-order chi connectivity index (χ1) is 29.9. The highest BCUT2D eigenvalue weighted by Gasteiger charge is 2.45. The van der Waals surface area contributed by atoms with Gasteiger partial charge in [0.25, 0.3) is 5.91 Å². The Hall–Kier alpha value is -7.02. The predicted molar refractivity (Wildman–Crippen MR) is 226 cm³/mol. The second-order valence-corrected chi connectivity index (χ2v) is 15.8. The van der Waals surface area contributed by atoms with Gasteiger partial charge in [0.05, 0.1) is 24.5 Å². The van der Waals surface area contributed by atoms with Crippen molar-refractivity contribution in [1.82, 2.24) is 30.6 Å². The Morgan fingerprint density at radius 1 is 0.825 bits per heavy atom. The number of hydrogen-bond acceptors (Lipinski definition) is 13. The molecule has 1 saturated carbocycles. The van der Waals surface area contributed by atoms with E-state index in [9.17, 15) is 32.3 Å². The molecule has 0 spiro atoms. The summed E-state index contributed by atoms with van der Waals surface area (Å²) in [5.41, 5.74) is 2.15. The molecule has 6 rings (SSSR count). The van der Waals surface area contributed by atoms with E-state index in [0.717, 1.165) is 18.2 Å². The fourth-order valence-corrected chi connectivity index (χ4v) is 6.12. The Kier molecular flexibility index (Phi) is 14.0. The molecule has 0 radical (unpaired) electrons. The minimum atomic E-state index is -4.65. The number of hydrogen-bond donors (Lipinski definition) is 5. The van der Waals surface area contributed by atoms with Gasteiger partial charge in [-0.1, -0.05) is 56.6 Å². The molecule has 0 bridgehead atoms. The van der Waals surface area contributed by atoms with Crippen LogP contribution in [0.25, 0.3) is 0 Å². The lowest BCUT2D eigenvalue weighted by atomic mass is 9.87. The summed E-state index contributed by atoms with van der Waals surface area (Å²) >= 11 is 6.04. The Balaban J connectivity index is 1.01. The molecule has 3 aromatic carbocycles. The van der Waals surface area contributed by atoms with Crippen LogP contribution in [-0.2, 0) is 30.1 Å². The van der Waals surface area contributed by atoms with E-state index in [1.54, 1.807) is 12.1 Å². The summed E-state index contributed by atoms with van der Waals surface area (Å²) < 4.78 is 54.5. The molecular weight excluding hydrogens is 847 g/mol. The molecule has 1 aliphatic rings. The quantitative estimate of drug-likeness (QED) is 0.0491. The summed E-state index contributed by atoms with van der Waals surface area (Å²) in [6.45, 7) is 4.50. The van der Waals surface area contributed by atoms with Crippen molar-refractivity contribution in [3.05, 3.63) is 113 Å². The molecule has 5 aromatic rings. The van der Waals surface area contributed by atoms with E-state index in [2.05, 4.69) is 67.3 Å². The van der Waals surface area contributed by atoms with Crippen molar-refractivity contribution in [3.8, 4) is 17.6 Å². The third-order valence-corrected chi connectivity index (χ3v) is 9.79. The molecule has 3 amide bonds. The average Bonchev–Trinajstić information content (AvgIpc) is 4.03. The van der Waals surface area contributed by atoms with Gasteiger partial charge in [-0.15, -0.1) is 0 Å². The number of alkyl halides is 3. The van der Waals surface area contributed by atoms with E-state index in [-0.39, 0.29) is 47.4 Å². The van der Waals surface area contributed by atoms with Crippen LogP contribution in [0.15, 0.2) is 91.1 Å². The van der Waals surface area contributed by atoms with Crippen molar-refractivity contribution in [3.63, 3.8) is 0 Å². The number of esters is 1. The number of aromatic nitrogens is 4. The van der Waals surface area contributed by atoms with Crippen LogP contribution in [-0.4, -0.2) is 76.1 Å². The highest BCUT2D eigenvalue weighted by Crippen LogP contribution is 2.48. The Labute approximate surface area is 364 Å². The van der Waals surface area contributed by atoms with Crippen molar-refractivity contribution in [2.75, 3.05) is 36.2 Å². The molecule has 0 aliphatic heterocycles. The van der Waals surface area contributed by atoms with Gasteiger partial charge in [-0.05, 0) is 90.4 Å². The van der Waals surface area contributed by atoms with Crippen molar-refractivity contribution in [1.29, 1.82) is 0 Å². The molecular formula is C43H43ClF3N9O7. The van der Waals surface area contributed by atoms with Gasteiger partial charge in [0.1, 0.15) is 11.8 Å². The molecule has 1 aliphatic carbocycles. The lowest BCUT2D eigenvalue weighted by molar-refractivity contribution is -0.154. The number of carbonyl (C=O) groups excluding carboxylic acids is 4. The second-order valence-electron chi connectivity index (χ2n) is 15.4. The summed E-state index contributed by atoms with van der Waals surface area (Å²) in [4.78, 5) is 67.4. The number of amides is 3. The van der Waals surface area contributed by atoms with Crippen molar-refractivity contribution in [2.45, 2.75) is 63.2 Å². The lowest BCUT2D eigenvalue weighted by Crippen LogP contribution is -2.44. The summed E-state index contributed by atoms with van der Waals surface area (Å²) in [7, 11) is 1.13. The smallest absolute Gasteiger partial charge is 0.422 e. The van der Waals surface area contributed by atoms with Gasteiger partial charge in [0, 0.05) is 28.9 Å². The third-order valence-electron chi connectivity index (χ3n) is 9.53. The van der Waals surface area contributed by atoms with Crippen LogP contribution in [0, 0.1) is 0 Å². The fourth-order valence-electron chi connectivity index (χ4n) is 6.00. The first-order valence-corrected chi connectivity index (χ1v) is 19.9. The number of nitrogens with zero attached hydrogens (tertiary/aromatic N) is 4. The molecule has 0 saturated heterocycles. The van der Waals surface area contributed by atoms with Crippen LogP contribution in [0.3, 0.4) is 0 Å². The van der Waals surface area contributed by atoms with Crippen LogP contribution in [0.5, 0.6) is 17.6 Å². The van der Waals surface area contributed by atoms with E-state index >= 15 is 0 Å². The number of methoxy groups -OCH3 is 1. The maximum absolute atomic E-state index is 13.2. The molecule has 1 atom stereocenters. The summed E-state index contributed by atoms with van der Waals surface area (Å²) in [5.74, 6) is -2.79. The van der Waals surface area contributed by atoms with E-state index in [1.807, 2.05) is 36.4 Å². The topological polar surface area (TPSA) is 208 Å². The zero-order valence-electron chi connectivity index (χ0n) is 34.4. The molecule has 0 unspecified atom stereocenters. The number of pyridine rings is 1. The van der Waals surface area contributed by atoms with E-state index in [1.165, 1.54) is 42.6 Å². The number of carbonyl (C=O) groups is 4. The SMILES string of the molecule is COC(=O)[C@@H](CCNC(=O)C(=O)Nc1ccc(Oc2ccc(C(C)(C)C)cc2)nc1)NC(=O)c1ccc(Nc2nc(NC3(c4ccc(Cl)cc4)CC3)nc(OCC(F)(F)F)n2)cc1. The summed E-state index contributed by atoms with van der Waals surface area (Å²) in [6, 6.07) is 21.8. The fraction of sp³-hybridized carbons (Fsp3) is 0.302. The monoisotopic (exact) mass is 889 g/mol. The molecule has 5 N–H and O–H groups in total. The molecule has 63 heavy (non-hydrogen) atoms. The minimum Gasteiger partial charge on any atom is -0.467 e. The van der Waals surface area contributed by atoms with Crippen LogP contribution < -0.4 is 36.1 Å². The normalized spacial score (nSPS) is 13.5. The first kappa shape index (κ1) is 45.5. The molecule has 16 nitrogen and oxygen atoms in total. The zero-order valence-corrected chi connectivity index (χ0v) is 35.2. The lowest BCUT2D eigenvalue weighted by Gasteiger charge is -2.19. The second kappa shape index (κ2) is 19.4. The number of ether oxygens (including phenoxy) is 3. The highest BCUT2D eigenvalue weighted by molar-refractivity contribution is 6.39. The Bertz CT molecular complexity index is 2410. The van der Waals surface area contributed by atoms with Crippen LogP contribution >= 0.6 is 11.6 Å². The van der Waals surface area contributed by atoms with Crippen LogP contribution in [0.2, 0.25) is 5.02 Å². The molecule has 330 valence electrons. The van der Waals surface area contributed by atoms with Gasteiger partial charge in [0.15, 0.2) is 6.61 Å². The van der Waals surface area contributed by atoms with E-state index in [4.69, 9.17) is 25.8 Å². The standard InChI is InChI=1S/C43H43ClF3N9O7/c1-41(2,3)26-9-16-31(17-10-26)63-33-18-15-30(23-49-33)50-36(59)35(58)48-22-19-32(37(60)61-4)52-34(57)25-5-13-29(14-6-25)51-38-53-39(55-40(54-38)62-24-43(45,46)47)56-42(20-21-42)27-7-11-28(44)12-8-27/h5-18,23,32H,19-22,24H2,1-4H3,(H,48,58)(H,50,59)(H,52,57)(H2,51,53,54,55,56)/t32-/m1/s1. The van der Waals surface area contributed by atoms with E-state index in [0.29, 0.717) is 29.3 Å². The van der Waals surface area contributed by atoms with Gasteiger partial charge in [-0.25, -0.2) is 9.78 Å². The van der Waals surface area contributed by atoms with Crippen LogP contribution in [0.1, 0.15) is 61.5 Å². The van der Waals surface area contributed by atoms with Gasteiger partial charge in [-0.2, -0.15) is 28.1 Å². The van der Waals surface area contributed by atoms with Crippen molar-refractivity contribution >= 4 is 58.6 Å². The number of halogens is 4. The van der Waals surface area contributed by atoms with E-state index < -0.39 is 54.1 Å². The molecule has 2 aromatic heterocycles. The zero-order chi connectivity index (χ0) is 45.4. The van der Waals surface area contributed by atoms with Gasteiger partial charge >= 0.3 is 30.0 Å². The maximum atomic E-state index is 13.2. The third kappa shape index (κ3) is 13.0. The van der Waals surface area contributed by atoms with Gasteiger partial charge in [0.2, 0.25) is 17.8 Å². The highest BCUT2D eigenvalue weighted by atomic mass is 35.5. The van der Waals surface area contributed by atoms with Crippen molar-refractivity contribution in [2.24, 2.45) is 0 Å². The molecule has 2 heterocycles. The first-order valence-electron chi connectivity index (χ1n) is 19.5. The van der Waals surface area contributed by atoms with Gasteiger partial charge < -0.3 is 40.8 Å². The molecule has 1 fully saturated rings. The number of benzene rings is 3. The number of anilines is 4. The summed E-state index contributed by atoms with van der Waals surface area (Å²) in [6.07, 6.45) is -2.04. The number of nitrogens with one attached hydrogen (secondary N) is 5. The largest absolute Gasteiger partial charge is 0.467 e. The maximum Gasteiger partial charge on any atom is 0.422 e. The minimum absolute atomic E-state index is 0.0115. The molecule has 20 heteroatoms. The average molecular weight is 890 g/mol.